The van der Waals surface area contributed by atoms with Crippen LogP contribution >= 0.6 is 0 Å². The van der Waals surface area contributed by atoms with Crippen molar-refractivity contribution in [3.05, 3.63) is 94.9 Å². The number of Topliss-reactive ketones (excluding diaryl/α,β-unsaturated/α-hetero) is 1. The number of pyridine rings is 1. The van der Waals surface area contributed by atoms with E-state index < -0.39 is 47.3 Å². The lowest BCUT2D eigenvalue weighted by atomic mass is 9.86. The molecule has 0 amide bonds. The summed E-state index contributed by atoms with van der Waals surface area (Å²) >= 11 is 0. The normalized spacial score (nSPS) is 13.3. The number of rotatable bonds is 5. The van der Waals surface area contributed by atoms with Gasteiger partial charge >= 0.3 is 12.4 Å². The van der Waals surface area contributed by atoms with Crippen molar-refractivity contribution in [1.82, 2.24) is 14.8 Å². The first kappa shape index (κ1) is 23.5. The van der Waals surface area contributed by atoms with E-state index in [-0.39, 0.29) is 11.3 Å². The second kappa shape index (κ2) is 8.58. The highest BCUT2D eigenvalue weighted by atomic mass is 19.4. The monoisotopic (exact) mass is 477 g/mol. The summed E-state index contributed by atoms with van der Waals surface area (Å²) in [5.41, 5.74) is -1.62. The summed E-state index contributed by atoms with van der Waals surface area (Å²) in [7, 11) is 1.63. The number of alkyl halides is 6. The number of aromatic nitrogens is 3. The van der Waals surface area contributed by atoms with Gasteiger partial charge in [0.25, 0.3) is 0 Å². The van der Waals surface area contributed by atoms with Crippen LogP contribution in [0, 0.1) is 0 Å². The van der Waals surface area contributed by atoms with Crippen molar-refractivity contribution < 1.29 is 31.1 Å². The quantitative estimate of drug-likeness (QED) is 0.247. The van der Waals surface area contributed by atoms with Gasteiger partial charge in [-0.2, -0.15) is 31.4 Å². The summed E-state index contributed by atoms with van der Waals surface area (Å²) in [6.07, 6.45) is -8.69. The van der Waals surface area contributed by atoms with Crippen molar-refractivity contribution in [2.24, 2.45) is 7.05 Å². The highest BCUT2D eigenvalue weighted by Gasteiger charge is 2.38. The molecule has 2 heterocycles. The van der Waals surface area contributed by atoms with E-state index in [0.717, 1.165) is 42.6 Å². The molecule has 0 aliphatic rings. The zero-order chi connectivity index (χ0) is 24.7. The number of benzene rings is 2. The number of hydrogen-bond acceptors (Lipinski definition) is 3. The smallest absolute Gasteiger partial charge is 0.292 e. The van der Waals surface area contributed by atoms with Crippen LogP contribution in [-0.2, 0) is 19.4 Å². The first-order valence-electron chi connectivity index (χ1n) is 10.1. The van der Waals surface area contributed by atoms with Crippen LogP contribution in [0.15, 0.2) is 66.9 Å². The fraction of sp³-hybridized carbons (Fsp3) is 0.208. The summed E-state index contributed by atoms with van der Waals surface area (Å²) in [5.74, 6) is -1.80. The maximum absolute atomic E-state index is 13.7. The van der Waals surface area contributed by atoms with Crippen LogP contribution in [0.4, 0.5) is 26.3 Å². The van der Waals surface area contributed by atoms with Crippen LogP contribution in [0.25, 0.3) is 10.9 Å². The third kappa shape index (κ3) is 4.52. The zero-order valence-electron chi connectivity index (χ0n) is 17.7. The zero-order valence-corrected chi connectivity index (χ0v) is 17.7. The van der Waals surface area contributed by atoms with E-state index in [1.165, 1.54) is 4.68 Å². The van der Waals surface area contributed by atoms with Gasteiger partial charge in [-0.3, -0.25) is 14.5 Å². The second-order valence-corrected chi connectivity index (χ2v) is 7.72. The molecule has 0 bridgehead atoms. The molecule has 0 spiro atoms. The molecule has 0 saturated carbocycles. The average Bonchev–Trinajstić information content (AvgIpc) is 3.13. The highest BCUT2D eigenvalue weighted by Crippen LogP contribution is 2.39. The Morgan fingerprint density at radius 2 is 1.59 bits per heavy atom. The lowest BCUT2D eigenvalue weighted by Gasteiger charge is -2.21. The van der Waals surface area contributed by atoms with Crippen LogP contribution < -0.4 is 0 Å². The van der Waals surface area contributed by atoms with Gasteiger partial charge in [-0.25, -0.2) is 0 Å². The summed E-state index contributed by atoms with van der Waals surface area (Å²) in [5, 5.41) is 4.75. The Morgan fingerprint density at radius 1 is 0.912 bits per heavy atom. The molecule has 4 aromatic rings. The molecule has 4 nitrogen and oxygen atoms in total. The lowest BCUT2D eigenvalue weighted by Crippen LogP contribution is -2.18. The van der Waals surface area contributed by atoms with Gasteiger partial charge in [0.05, 0.1) is 22.3 Å². The molecule has 34 heavy (non-hydrogen) atoms. The van der Waals surface area contributed by atoms with Gasteiger partial charge in [0, 0.05) is 31.0 Å². The molecule has 0 aliphatic heterocycles. The molecule has 10 heteroatoms. The number of carbonyl (C=O) groups is 1. The van der Waals surface area contributed by atoms with Crippen LogP contribution in [-0.4, -0.2) is 20.5 Å². The standard InChI is InChI=1S/C24H17F6N3O/c1-33-19-7-3-2-5-16(19)22(32-33)20(34)13-17(14-8-10-15(11-9-14)23(25,26)27)21-18(24(28,29)30)6-4-12-31-21/h2-12,17H,13H2,1H3. The van der Waals surface area contributed by atoms with Crippen molar-refractivity contribution in [2.75, 3.05) is 0 Å². The molecule has 0 radical (unpaired) electrons. The molecule has 0 aliphatic carbocycles. The van der Waals surface area contributed by atoms with Gasteiger partial charge in [-0.1, -0.05) is 30.3 Å². The Kier molecular flexibility index (Phi) is 5.93. The number of halogens is 6. The Balaban J connectivity index is 1.81. The molecular weight excluding hydrogens is 460 g/mol. The number of ketones is 1. The summed E-state index contributed by atoms with van der Waals surface area (Å²) in [6.45, 7) is 0. The first-order valence-corrected chi connectivity index (χ1v) is 10.1. The van der Waals surface area contributed by atoms with Crippen LogP contribution in [0.2, 0.25) is 0 Å². The maximum Gasteiger partial charge on any atom is 0.418 e. The summed E-state index contributed by atoms with van der Waals surface area (Å²) in [6, 6.07) is 12.5. The molecule has 4 rings (SSSR count). The van der Waals surface area contributed by atoms with Gasteiger partial charge in [0.15, 0.2) is 5.78 Å². The van der Waals surface area contributed by atoms with E-state index in [1.54, 1.807) is 31.3 Å². The second-order valence-electron chi connectivity index (χ2n) is 7.72. The van der Waals surface area contributed by atoms with E-state index in [0.29, 0.717) is 10.9 Å². The molecule has 176 valence electrons. The first-order chi connectivity index (χ1) is 16.0. The summed E-state index contributed by atoms with van der Waals surface area (Å²) < 4.78 is 81.7. The third-order valence-corrected chi connectivity index (χ3v) is 5.53. The molecule has 1 atom stereocenters. The topological polar surface area (TPSA) is 47.8 Å². The van der Waals surface area contributed by atoms with Gasteiger partial charge < -0.3 is 0 Å². The SMILES string of the molecule is Cn1nc(C(=O)CC(c2ccc(C(F)(F)F)cc2)c2ncccc2C(F)(F)F)c2ccccc21. The molecule has 0 saturated heterocycles. The molecule has 2 aromatic heterocycles. The predicted octanol–water partition coefficient (Wildman–Crippen LogP) is 6.41. The van der Waals surface area contributed by atoms with Crippen molar-refractivity contribution in [1.29, 1.82) is 0 Å². The van der Waals surface area contributed by atoms with Crippen molar-refractivity contribution in [3.8, 4) is 0 Å². The third-order valence-electron chi connectivity index (χ3n) is 5.53. The van der Waals surface area contributed by atoms with Gasteiger partial charge in [0.2, 0.25) is 0 Å². The van der Waals surface area contributed by atoms with E-state index >= 15 is 0 Å². The molecule has 2 aromatic carbocycles. The molecular formula is C24H17F6N3O. The maximum atomic E-state index is 13.7. The fourth-order valence-corrected chi connectivity index (χ4v) is 3.91. The Labute approximate surface area is 189 Å². The predicted molar refractivity (Wildman–Crippen MR) is 112 cm³/mol. The van der Waals surface area contributed by atoms with Crippen molar-refractivity contribution in [2.45, 2.75) is 24.7 Å². The largest absolute Gasteiger partial charge is 0.418 e. The van der Waals surface area contributed by atoms with E-state index in [9.17, 15) is 31.1 Å². The van der Waals surface area contributed by atoms with E-state index in [1.807, 2.05) is 0 Å². The minimum atomic E-state index is -4.77. The average molecular weight is 477 g/mol. The molecule has 1 unspecified atom stereocenters. The minimum absolute atomic E-state index is 0.0690. The minimum Gasteiger partial charge on any atom is -0.292 e. The van der Waals surface area contributed by atoms with Gasteiger partial charge in [-0.15, -0.1) is 0 Å². The molecule has 0 fully saturated rings. The number of nitrogens with zero attached hydrogens (tertiary/aromatic N) is 3. The number of fused-ring (bicyclic) bond motifs is 1. The number of para-hydroxylation sites is 1. The van der Waals surface area contributed by atoms with E-state index in [4.69, 9.17) is 0 Å². The highest BCUT2D eigenvalue weighted by molar-refractivity contribution is 6.06. The van der Waals surface area contributed by atoms with Crippen LogP contribution in [0.3, 0.4) is 0 Å². The van der Waals surface area contributed by atoms with Crippen LogP contribution in [0.1, 0.15) is 45.2 Å². The number of hydrogen-bond donors (Lipinski definition) is 0. The van der Waals surface area contributed by atoms with Crippen LogP contribution in [0.5, 0.6) is 0 Å². The van der Waals surface area contributed by atoms with Crippen molar-refractivity contribution >= 4 is 16.7 Å². The Morgan fingerprint density at radius 3 is 2.24 bits per heavy atom. The van der Waals surface area contributed by atoms with E-state index in [2.05, 4.69) is 10.1 Å². The van der Waals surface area contributed by atoms with Gasteiger partial charge in [0.1, 0.15) is 5.69 Å². The fourth-order valence-electron chi connectivity index (χ4n) is 3.91. The Hall–Kier alpha value is -3.69. The number of carbonyl (C=O) groups excluding carboxylic acids is 1. The van der Waals surface area contributed by atoms with Gasteiger partial charge in [-0.05, 0) is 35.9 Å². The molecule has 0 N–H and O–H groups in total. The Bertz CT molecular complexity index is 1340. The lowest BCUT2D eigenvalue weighted by molar-refractivity contribution is -0.139. The number of aryl methyl sites for hydroxylation is 1. The van der Waals surface area contributed by atoms with Crippen molar-refractivity contribution in [3.63, 3.8) is 0 Å². The summed E-state index contributed by atoms with van der Waals surface area (Å²) in [4.78, 5) is 17.1.